The van der Waals surface area contributed by atoms with E-state index < -0.39 is 27.5 Å². The summed E-state index contributed by atoms with van der Waals surface area (Å²) < 4.78 is 26.8. The fourth-order valence-corrected chi connectivity index (χ4v) is 4.65. The van der Waals surface area contributed by atoms with Crippen molar-refractivity contribution in [3.63, 3.8) is 0 Å². The van der Waals surface area contributed by atoms with E-state index in [2.05, 4.69) is 0 Å². The molecular weight excluding hydrogens is 336 g/mol. The fraction of sp³-hybridized carbons (Fsp3) is 0.533. The number of hydrogen-bond donors (Lipinski definition) is 1. The van der Waals surface area contributed by atoms with Gasteiger partial charge in [0.25, 0.3) is 5.69 Å². The second-order valence-corrected chi connectivity index (χ2v) is 7.83. The van der Waals surface area contributed by atoms with Crippen molar-refractivity contribution in [1.29, 1.82) is 0 Å². The van der Waals surface area contributed by atoms with Crippen molar-refractivity contribution in [2.45, 2.75) is 50.0 Å². The van der Waals surface area contributed by atoms with Crippen LogP contribution < -0.4 is 0 Å². The Balaban J connectivity index is 2.45. The van der Waals surface area contributed by atoms with Crippen molar-refractivity contribution in [3.05, 3.63) is 33.9 Å². The lowest BCUT2D eigenvalue weighted by Crippen LogP contribution is -2.44. The van der Waals surface area contributed by atoms with Crippen LogP contribution in [0.3, 0.4) is 0 Å². The van der Waals surface area contributed by atoms with Gasteiger partial charge in [0, 0.05) is 17.7 Å². The Bertz CT molecular complexity index is 740. The van der Waals surface area contributed by atoms with Crippen molar-refractivity contribution in [3.8, 4) is 0 Å². The summed E-state index contributed by atoms with van der Waals surface area (Å²) in [6.07, 6.45) is 3.86. The van der Waals surface area contributed by atoms with Crippen LogP contribution in [0, 0.1) is 17.0 Å². The predicted octanol–water partition coefficient (Wildman–Crippen LogP) is 2.31. The maximum atomic E-state index is 12.9. The number of nitro benzene ring substituents is 1. The number of sulfonamides is 1. The summed E-state index contributed by atoms with van der Waals surface area (Å²) in [7, 11) is -4.12. The summed E-state index contributed by atoms with van der Waals surface area (Å²) in [5.41, 5.74) is 0.0522. The molecule has 1 aromatic rings. The standard InChI is InChI=1S/C15H20N2O6S/c1-11-7-8-13(9-14(11)17(20)21)24(22,23)16(10-15(18)19)12-5-3-2-4-6-12/h7-9,12H,2-6,10H2,1H3,(H,18,19). The minimum atomic E-state index is -4.12. The number of aliphatic carboxylic acids is 1. The number of nitro groups is 1. The van der Waals surface area contributed by atoms with Gasteiger partial charge < -0.3 is 5.11 Å². The molecule has 9 heteroatoms. The largest absolute Gasteiger partial charge is 0.480 e. The first-order chi connectivity index (χ1) is 11.2. The van der Waals surface area contributed by atoms with E-state index in [9.17, 15) is 23.3 Å². The van der Waals surface area contributed by atoms with Crippen LogP contribution in [0.2, 0.25) is 0 Å². The highest BCUT2D eigenvalue weighted by Gasteiger charge is 2.34. The van der Waals surface area contributed by atoms with E-state index in [1.807, 2.05) is 0 Å². The van der Waals surface area contributed by atoms with Gasteiger partial charge in [-0.05, 0) is 25.8 Å². The molecule has 1 aliphatic carbocycles. The molecule has 0 saturated heterocycles. The average molecular weight is 356 g/mol. The molecule has 2 rings (SSSR count). The molecule has 0 radical (unpaired) electrons. The normalized spacial score (nSPS) is 16.2. The summed E-state index contributed by atoms with van der Waals surface area (Å²) in [5.74, 6) is -1.24. The Kier molecular flexibility index (Phi) is 5.55. The molecule has 1 N–H and O–H groups in total. The number of aryl methyl sites for hydroxylation is 1. The molecule has 0 atom stereocenters. The van der Waals surface area contributed by atoms with E-state index in [0.717, 1.165) is 29.6 Å². The fourth-order valence-electron chi connectivity index (χ4n) is 2.99. The monoisotopic (exact) mass is 356 g/mol. The van der Waals surface area contributed by atoms with E-state index >= 15 is 0 Å². The summed E-state index contributed by atoms with van der Waals surface area (Å²) in [6, 6.07) is 3.27. The second kappa shape index (κ2) is 7.27. The van der Waals surface area contributed by atoms with E-state index in [0.29, 0.717) is 18.4 Å². The van der Waals surface area contributed by atoms with Crippen LogP contribution in [-0.2, 0) is 14.8 Å². The minimum absolute atomic E-state index is 0.244. The van der Waals surface area contributed by atoms with Gasteiger partial charge in [-0.2, -0.15) is 4.31 Å². The lowest BCUT2D eigenvalue weighted by Gasteiger charge is -2.32. The van der Waals surface area contributed by atoms with Crippen LogP contribution in [0.15, 0.2) is 23.1 Å². The van der Waals surface area contributed by atoms with Crippen molar-refractivity contribution in [2.24, 2.45) is 0 Å². The van der Waals surface area contributed by atoms with Gasteiger partial charge in [0.2, 0.25) is 10.0 Å². The van der Waals surface area contributed by atoms with Gasteiger partial charge in [0.15, 0.2) is 0 Å². The lowest BCUT2D eigenvalue weighted by molar-refractivity contribution is -0.385. The van der Waals surface area contributed by atoms with Gasteiger partial charge in [-0.3, -0.25) is 14.9 Å². The maximum absolute atomic E-state index is 12.9. The molecule has 1 saturated carbocycles. The molecule has 0 heterocycles. The van der Waals surface area contributed by atoms with Crippen LogP contribution in [0.5, 0.6) is 0 Å². The highest BCUT2D eigenvalue weighted by atomic mass is 32.2. The molecule has 0 aromatic heterocycles. The zero-order valence-electron chi connectivity index (χ0n) is 13.3. The maximum Gasteiger partial charge on any atom is 0.318 e. The van der Waals surface area contributed by atoms with Gasteiger partial charge in [-0.25, -0.2) is 8.42 Å². The molecule has 0 spiro atoms. The zero-order valence-corrected chi connectivity index (χ0v) is 14.2. The number of rotatable bonds is 6. The predicted molar refractivity (Wildman–Crippen MR) is 86.2 cm³/mol. The first-order valence-electron chi connectivity index (χ1n) is 7.72. The quantitative estimate of drug-likeness (QED) is 0.617. The third kappa shape index (κ3) is 3.90. The number of carboxylic acids is 1. The highest BCUT2D eigenvalue weighted by molar-refractivity contribution is 7.89. The molecule has 0 bridgehead atoms. The smallest absolute Gasteiger partial charge is 0.318 e. The molecule has 1 aliphatic rings. The van der Waals surface area contributed by atoms with Crippen molar-refractivity contribution >= 4 is 21.7 Å². The number of nitrogens with zero attached hydrogens (tertiary/aromatic N) is 2. The van der Waals surface area contributed by atoms with Crippen LogP contribution in [0.4, 0.5) is 5.69 Å². The van der Waals surface area contributed by atoms with Gasteiger partial charge in [-0.15, -0.1) is 0 Å². The first kappa shape index (κ1) is 18.3. The second-order valence-electron chi connectivity index (χ2n) is 5.94. The van der Waals surface area contributed by atoms with Gasteiger partial charge in [-0.1, -0.05) is 25.3 Å². The van der Waals surface area contributed by atoms with Gasteiger partial charge >= 0.3 is 5.97 Å². The van der Waals surface area contributed by atoms with Crippen LogP contribution >= 0.6 is 0 Å². The van der Waals surface area contributed by atoms with E-state index in [1.165, 1.54) is 19.1 Å². The Morgan fingerprint density at radius 1 is 1.33 bits per heavy atom. The number of hydrogen-bond acceptors (Lipinski definition) is 5. The lowest BCUT2D eigenvalue weighted by atomic mass is 9.95. The molecule has 0 amide bonds. The summed E-state index contributed by atoms with van der Waals surface area (Å²) in [6.45, 7) is 0.874. The van der Waals surface area contributed by atoms with Crippen LogP contribution in [0.1, 0.15) is 37.7 Å². The third-order valence-electron chi connectivity index (χ3n) is 4.26. The van der Waals surface area contributed by atoms with E-state index in [4.69, 9.17) is 5.11 Å². The van der Waals surface area contributed by atoms with E-state index in [1.54, 1.807) is 0 Å². The minimum Gasteiger partial charge on any atom is -0.480 e. The average Bonchev–Trinajstić information content (AvgIpc) is 2.53. The molecule has 0 unspecified atom stereocenters. The Morgan fingerprint density at radius 3 is 2.50 bits per heavy atom. The van der Waals surface area contributed by atoms with Crippen LogP contribution in [-0.4, -0.2) is 41.3 Å². The Labute approximate surface area is 140 Å². The molecule has 24 heavy (non-hydrogen) atoms. The van der Waals surface area contributed by atoms with Crippen LogP contribution in [0.25, 0.3) is 0 Å². The van der Waals surface area contributed by atoms with E-state index in [-0.39, 0.29) is 16.6 Å². The van der Waals surface area contributed by atoms with Gasteiger partial charge in [0.05, 0.1) is 9.82 Å². The first-order valence-corrected chi connectivity index (χ1v) is 9.16. The molecule has 1 fully saturated rings. The molecule has 1 aromatic carbocycles. The summed E-state index contributed by atoms with van der Waals surface area (Å²) in [4.78, 5) is 21.3. The van der Waals surface area contributed by atoms with Crippen molar-refractivity contribution in [2.75, 3.05) is 6.54 Å². The number of carboxylic acid groups (broad SMARTS) is 1. The zero-order chi connectivity index (χ0) is 17.9. The molecular formula is C15H20N2O6S. The highest BCUT2D eigenvalue weighted by Crippen LogP contribution is 2.30. The third-order valence-corrected chi connectivity index (χ3v) is 6.15. The molecule has 132 valence electrons. The molecule has 8 nitrogen and oxygen atoms in total. The SMILES string of the molecule is Cc1ccc(S(=O)(=O)N(CC(=O)O)C2CCCCC2)cc1[N+](=O)[O-]. The van der Waals surface area contributed by atoms with Crippen molar-refractivity contribution < 1.29 is 23.2 Å². The van der Waals surface area contributed by atoms with Gasteiger partial charge in [0.1, 0.15) is 6.54 Å². The Morgan fingerprint density at radius 2 is 1.96 bits per heavy atom. The summed E-state index contributed by atoms with van der Waals surface area (Å²) >= 11 is 0. The Hall–Kier alpha value is -2.00. The summed E-state index contributed by atoms with van der Waals surface area (Å²) in [5, 5.41) is 20.2. The number of carbonyl (C=O) groups is 1. The van der Waals surface area contributed by atoms with Crippen molar-refractivity contribution in [1.82, 2.24) is 4.31 Å². The topological polar surface area (TPSA) is 118 Å². The molecule has 0 aliphatic heterocycles. The number of benzene rings is 1.